The lowest BCUT2D eigenvalue weighted by Crippen LogP contribution is -2.56. The Morgan fingerprint density at radius 3 is 2.10 bits per heavy atom. The average molecular weight is 679 g/mol. The first-order valence-corrected chi connectivity index (χ1v) is 15.8. The maximum absolute atomic E-state index is 14.1. The maximum Gasteiger partial charge on any atom is 0.244 e. The molecule has 1 unspecified atom stereocenters. The summed E-state index contributed by atoms with van der Waals surface area (Å²) in [6.45, 7) is 5.28. The minimum Gasteiger partial charge on any atom is -0.350 e. The summed E-state index contributed by atoms with van der Waals surface area (Å²) in [6.07, 6.45) is 1.32. The van der Waals surface area contributed by atoms with Crippen LogP contribution in [0.4, 0.5) is 5.69 Å². The molecule has 7 nitrogen and oxygen atoms in total. The second-order valence-electron chi connectivity index (χ2n) is 10.3. The first-order valence-electron chi connectivity index (χ1n) is 12.4. The highest BCUT2D eigenvalue weighted by Gasteiger charge is 2.34. The summed E-state index contributed by atoms with van der Waals surface area (Å²) >= 11 is 6.89. The van der Waals surface area contributed by atoms with Crippen molar-refractivity contribution >= 4 is 59.4 Å². The number of nitrogens with zero attached hydrogens (tertiary/aromatic N) is 2. The molecule has 0 saturated carbocycles. The zero-order valence-electron chi connectivity index (χ0n) is 22.4. The minimum absolute atomic E-state index is 0.112. The van der Waals surface area contributed by atoms with Gasteiger partial charge in [0, 0.05) is 27.4 Å². The van der Waals surface area contributed by atoms with Gasteiger partial charge in [0.05, 0.1) is 11.9 Å². The maximum atomic E-state index is 14.1. The molecule has 1 atom stereocenters. The Hall–Kier alpha value is -2.69. The standard InChI is InChI=1S/C29H33Br2N3O4S/c1-29(2,3)32-28(36)26(18-21-11-6-5-7-12-21)33(19-22-13-10-14-23(30)17-22)27(35)20-34(39(4,37)38)25-16-9-8-15-24(25)31/h5-17,26H,18-20H2,1-4H3,(H,32,36). The number of anilines is 1. The quantitative estimate of drug-likeness (QED) is 0.306. The molecule has 0 radical (unpaired) electrons. The van der Waals surface area contributed by atoms with Crippen LogP contribution in [-0.2, 0) is 32.6 Å². The van der Waals surface area contributed by atoms with Gasteiger partial charge < -0.3 is 10.2 Å². The normalized spacial score (nSPS) is 12.5. The molecule has 0 fully saturated rings. The molecular formula is C29H33Br2N3O4S. The molecule has 3 rings (SSSR count). The van der Waals surface area contributed by atoms with Crippen molar-refractivity contribution in [2.24, 2.45) is 0 Å². The highest BCUT2D eigenvalue weighted by Crippen LogP contribution is 2.28. The van der Waals surface area contributed by atoms with Gasteiger partial charge in [-0.3, -0.25) is 13.9 Å². The molecule has 0 aliphatic rings. The predicted molar refractivity (Wildman–Crippen MR) is 163 cm³/mol. The number of hydrogen-bond donors (Lipinski definition) is 1. The van der Waals surface area contributed by atoms with Gasteiger partial charge in [0.2, 0.25) is 21.8 Å². The van der Waals surface area contributed by atoms with Gasteiger partial charge in [0.1, 0.15) is 12.6 Å². The first-order chi connectivity index (χ1) is 18.2. The van der Waals surface area contributed by atoms with Crippen LogP contribution in [0.25, 0.3) is 0 Å². The van der Waals surface area contributed by atoms with Crippen LogP contribution >= 0.6 is 31.9 Å². The molecule has 0 bridgehead atoms. The lowest BCUT2D eigenvalue weighted by molar-refractivity contribution is -0.140. The van der Waals surface area contributed by atoms with Crippen LogP contribution in [0.3, 0.4) is 0 Å². The van der Waals surface area contributed by atoms with Crippen LogP contribution in [0.15, 0.2) is 87.8 Å². The summed E-state index contributed by atoms with van der Waals surface area (Å²) in [6, 6.07) is 22.9. The van der Waals surface area contributed by atoms with Gasteiger partial charge in [-0.05, 0) is 72.1 Å². The van der Waals surface area contributed by atoms with E-state index in [-0.39, 0.29) is 18.9 Å². The van der Waals surface area contributed by atoms with Crippen LogP contribution in [0.5, 0.6) is 0 Å². The first kappa shape index (κ1) is 30.8. The highest BCUT2D eigenvalue weighted by atomic mass is 79.9. The van der Waals surface area contributed by atoms with Crippen molar-refractivity contribution in [3.05, 3.63) is 98.9 Å². The number of nitrogens with one attached hydrogen (secondary N) is 1. The molecule has 0 aliphatic heterocycles. The molecule has 0 spiro atoms. The fourth-order valence-corrected chi connectivity index (χ4v) is 6.01. The molecule has 2 amide bonds. The van der Waals surface area contributed by atoms with Gasteiger partial charge in [0.15, 0.2) is 0 Å². The van der Waals surface area contributed by atoms with E-state index in [1.54, 1.807) is 24.3 Å². The van der Waals surface area contributed by atoms with Gasteiger partial charge in [-0.1, -0.05) is 70.5 Å². The molecule has 0 aromatic heterocycles. The average Bonchev–Trinajstić information content (AvgIpc) is 2.84. The number of amides is 2. The Labute approximate surface area is 247 Å². The number of benzene rings is 3. The van der Waals surface area contributed by atoms with Gasteiger partial charge in [-0.2, -0.15) is 0 Å². The Morgan fingerprint density at radius 1 is 0.897 bits per heavy atom. The largest absolute Gasteiger partial charge is 0.350 e. The highest BCUT2D eigenvalue weighted by molar-refractivity contribution is 9.10. The second kappa shape index (κ2) is 13.1. The molecule has 0 heterocycles. The molecule has 0 aliphatic carbocycles. The lowest BCUT2D eigenvalue weighted by Gasteiger charge is -2.35. The van der Waals surface area contributed by atoms with E-state index in [0.29, 0.717) is 10.2 Å². The molecular weight excluding hydrogens is 646 g/mol. The van der Waals surface area contributed by atoms with Crippen LogP contribution < -0.4 is 9.62 Å². The minimum atomic E-state index is -3.83. The Balaban J connectivity index is 2.09. The van der Waals surface area contributed by atoms with E-state index < -0.39 is 34.1 Å². The molecule has 3 aromatic rings. The molecule has 3 aromatic carbocycles. The third-order valence-electron chi connectivity index (χ3n) is 5.81. The van der Waals surface area contributed by atoms with Crippen LogP contribution in [0.1, 0.15) is 31.9 Å². The van der Waals surface area contributed by atoms with Crippen LogP contribution in [0.2, 0.25) is 0 Å². The van der Waals surface area contributed by atoms with Crippen molar-refractivity contribution in [1.82, 2.24) is 10.2 Å². The third-order valence-corrected chi connectivity index (χ3v) is 8.10. The molecule has 39 heavy (non-hydrogen) atoms. The number of halogens is 2. The number of rotatable bonds is 10. The summed E-state index contributed by atoms with van der Waals surface area (Å²) in [5, 5.41) is 3.01. The predicted octanol–water partition coefficient (Wildman–Crippen LogP) is 5.53. The van der Waals surface area contributed by atoms with Crippen molar-refractivity contribution in [3.63, 3.8) is 0 Å². The van der Waals surface area contributed by atoms with E-state index in [1.807, 2.05) is 75.4 Å². The molecule has 208 valence electrons. The van der Waals surface area contributed by atoms with Crippen molar-refractivity contribution in [2.45, 2.75) is 45.3 Å². The molecule has 10 heteroatoms. The third kappa shape index (κ3) is 9.19. The number of sulfonamides is 1. The van der Waals surface area contributed by atoms with Gasteiger partial charge in [0.25, 0.3) is 0 Å². The van der Waals surface area contributed by atoms with Crippen molar-refractivity contribution < 1.29 is 18.0 Å². The molecule has 1 N–H and O–H groups in total. The van der Waals surface area contributed by atoms with Crippen molar-refractivity contribution in [1.29, 1.82) is 0 Å². The second-order valence-corrected chi connectivity index (χ2v) is 14.0. The van der Waals surface area contributed by atoms with E-state index in [0.717, 1.165) is 26.2 Å². The summed E-state index contributed by atoms with van der Waals surface area (Å²) < 4.78 is 28.2. The Bertz CT molecular complexity index is 1410. The SMILES string of the molecule is CC(C)(C)NC(=O)C(Cc1ccccc1)N(Cc1cccc(Br)c1)C(=O)CN(c1ccccc1Br)S(C)(=O)=O. The fraction of sp³-hybridized carbons (Fsp3) is 0.310. The monoisotopic (exact) mass is 677 g/mol. The smallest absolute Gasteiger partial charge is 0.244 e. The number of hydrogen-bond acceptors (Lipinski definition) is 4. The van der Waals surface area contributed by atoms with E-state index >= 15 is 0 Å². The van der Waals surface area contributed by atoms with E-state index in [1.165, 1.54) is 4.90 Å². The zero-order chi connectivity index (χ0) is 28.8. The summed E-state index contributed by atoms with van der Waals surface area (Å²) in [5.41, 5.74) is 1.48. The van der Waals surface area contributed by atoms with Gasteiger partial charge in [-0.25, -0.2) is 8.42 Å². The van der Waals surface area contributed by atoms with Gasteiger partial charge >= 0.3 is 0 Å². The zero-order valence-corrected chi connectivity index (χ0v) is 26.4. The van der Waals surface area contributed by atoms with Gasteiger partial charge in [-0.15, -0.1) is 0 Å². The Morgan fingerprint density at radius 2 is 1.51 bits per heavy atom. The topological polar surface area (TPSA) is 86.8 Å². The van der Waals surface area contributed by atoms with Crippen molar-refractivity contribution in [3.8, 4) is 0 Å². The van der Waals surface area contributed by atoms with E-state index in [4.69, 9.17) is 0 Å². The number of para-hydroxylation sites is 1. The van der Waals surface area contributed by atoms with E-state index in [2.05, 4.69) is 37.2 Å². The van der Waals surface area contributed by atoms with Crippen LogP contribution in [0, 0.1) is 0 Å². The molecule has 0 saturated heterocycles. The summed E-state index contributed by atoms with van der Waals surface area (Å²) in [5.74, 6) is -0.817. The lowest BCUT2D eigenvalue weighted by atomic mass is 10.0. The number of carbonyl (C=O) groups is 2. The Kier molecular flexibility index (Phi) is 10.4. The number of carbonyl (C=O) groups excluding carboxylic acids is 2. The summed E-state index contributed by atoms with van der Waals surface area (Å²) in [4.78, 5) is 29.3. The fourth-order valence-electron chi connectivity index (χ4n) is 4.09. The van der Waals surface area contributed by atoms with E-state index in [9.17, 15) is 18.0 Å². The van der Waals surface area contributed by atoms with Crippen molar-refractivity contribution in [2.75, 3.05) is 17.1 Å². The summed E-state index contributed by atoms with van der Waals surface area (Å²) in [7, 11) is -3.83. The van der Waals surface area contributed by atoms with Crippen LogP contribution in [-0.4, -0.2) is 49.5 Å².